The van der Waals surface area contributed by atoms with Crippen LogP contribution in [0.4, 0.5) is 0 Å². The topological polar surface area (TPSA) is 67.5 Å². The SMILES string of the molecule is COc1ccc(-c2n[nH]c3c2C(c2ccc(OCCC(C)C)cc2)N(C(C)(C)C)C3=O)cc1. The van der Waals surface area contributed by atoms with Gasteiger partial charge in [0.05, 0.1) is 25.5 Å². The number of fused-ring (bicyclic) bond motifs is 1. The Morgan fingerprint density at radius 1 is 1.03 bits per heavy atom. The van der Waals surface area contributed by atoms with Crippen molar-refractivity contribution in [2.75, 3.05) is 13.7 Å². The number of nitrogens with zero attached hydrogens (tertiary/aromatic N) is 2. The second-order valence-corrected chi connectivity index (χ2v) is 9.94. The van der Waals surface area contributed by atoms with Crippen molar-refractivity contribution in [2.24, 2.45) is 5.92 Å². The van der Waals surface area contributed by atoms with Gasteiger partial charge in [0, 0.05) is 16.7 Å². The predicted molar refractivity (Wildman–Crippen MR) is 130 cm³/mol. The van der Waals surface area contributed by atoms with Crippen LogP contribution in [0.15, 0.2) is 48.5 Å². The smallest absolute Gasteiger partial charge is 0.273 e. The van der Waals surface area contributed by atoms with Gasteiger partial charge in [0.2, 0.25) is 0 Å². The molecule has 6 heteroatoms. The molecule has 0 spiro atoms. The molecule has 0 radical (unpaired) electrons. The number of rotatable bonds is 7. The minimum atomic E-state index is -0.370. The van der Waals surface area contributed by atoms with Gasteiger partial charge in [0.25, 0.3) is 5.91 Å². The summed E-state index contributed by atoms with van der Waals surface area (Å²) in [6.45, 7) is 11.3. The highest BCUT2D eigenvalue weighted by Gasteiger charge is 2.46. The van der Waals surface area contributed by atoms with Crippen molar-refractivity contribution in [1.29, 1.82) is 0 Å². The van der Waals surface area contributed by atoms with E-state index in [0.29, 0.717) is 18.2 Å². The Morgan fingerprint density at radius 2 is 1.67 bits per heavy atom. The zero-order valence-electron chi connectivity index (χ0n) is 20.3. The Balaban J connectivity index is 1.73. The quantitative estimate of drug-likeness (QED) is 0.493. The second-order valence-electron chi connectivity index (χ2n) is 9.94. The van der Waals surface area contributed by atoms with E-state index in [9.17, 15) is 4.79 Å². The zero-order chi connectivity index (χ0) is 23.8. The molecule has 1 unspecified atom stereocenters. The van der Waals surface area contributed by atoms with Crippen LogP contribution >= 0.6 is 0 Å². The maximum atomic E-state index is 13.5. The molecule has 4 rings (SSSR count). The number of benzene rings is 2. The number of ether oxygens (including phenoxy) is 2. The molecular formula is C27H33N3O3. The maximum absolute atomic E-state index is 13.5. The molecule has 0 aliphatic carbocycles. The molecule has 0 bridgehead atoms. The van der Waals surface area contributed by atoms with Gasteiger partial charge in [-0.15, -0.1) is 0 Å². The number of H-pyrrole nitrogens is 1. The van der Waals surface area contributed by atoms with Crippen molar-refractivity contribution >= 4 is 5.91 Å². The van der Waals surface area contributed by atoms with Crippen molar-refractivity contribution in [3.8, 4) is 22.8 Å². The van der Waals surface area contributed by atoms with Gasteiger partial charge >= 0.3 is 0 Å². The highest BCUT2D eigenvalue weighted by Crippen LogP contribution is 2.46. The van der Waals surface area contributed by atoms with Gasteiger partial charge in [-0.05, 0) is 75.1 Å². The van der Waals surface area contributed by atoms with Gasteiger partial charge in [-0.1, -0.05) is 26.0 Å². The monoisotopic (exact) mass is 447 g/mol. The van der Waals surface area contributed by atoms with Crippen molar-refractivity contribution in [2.45, 2.75) is 52.6 Å². The zero-order valence-corrected chi connectivity index (χ0v) is 20.3. The van der Waals surface area contributed by atoms with Crippen LogP contribution in [0, 0.1) is 5.92 Å². The number of nitrogens with one attached hydrogen (secondary N) is 1. The molecule has 2 aromatic carbocycles. The Kier molecular flexibility index (Phi) is 6.19. The van der Waals surface area contributed by atoms with Crippen LogP contribution in [0.5, 0.6) is 11.5 Å². The lowest BCUT2D eigenvalue weighted by Crippen LogP contribution is -2.44. The van der Waals surface area contributed by atoms with Crippen molar-refractivity contribution < 1.29 is 14.3 Å². The van der Waals surface area contributed by atoms with Crippen LogP contribution < -0.4 is 9.47 Å². The molecule has 1 aliphatic rings. The van der Waals surface area contributed by atoms with Gasteiger partial charge in [-0.25, -0.2) is 0 Å². The first kappa shape index (κ1) is 22.9. The van der Waals surface area contributed by atoms with E-state index in [1.807, 2.05) is 41.3 Å². The normalized spacial score (nSPS) is 15.8. The molecule has 1 aromatic heterocycles. The molecule has 174 valence electrons. The van der Waals surface area contributed by atoms with Crippen LogP contribution in [0.2, 0.25) is 0 Å². The highest BCUT2D eigenvalue weighted by molar-refractivity contribution is 6.00. The van der Waals surface area contributed by atoms with Crippen LogP contribution in [-0.2, 0) is 0 Å². The first-order valence-electron chi connectivity index (χ1n) is 11.5. The maximum Gasteiger partial charge on any atom is 0.273 e. The van der Waals surface area contributed by atoms with Crippen molar-refractivity contribution in [3.63, 3.8) is 0 Å². The summed E-state index contributed by atoms with van der Waals surface area (Å²) >= 11 is 0. The number of carbonyl (C=O) groups excluding carboxylic acids is 1. The Morgan fingerprint density at radius 3 is 2.24 bits per heavy atom. The van der Waals surface area contributed by atoms with Gasteiger partial charge < -0.3 is 14.4 Å². The molecule has 6 nitrogen and oxygen atoms in total. The molecule has 2 heterocycles. The minimum absolute atomic E-state index is 0.0352. The van der Waals surface area contributed by atoms with Gasteiger partial charge in [0.1, 0.15) is 17.2 Å². The summed E-state index contributed by atoms with van der Waals surface area (Å²) in [5.41, 5.74) is 3.85. The third kappa shape index (κ3) is 4.47. The van der Waals surface area contributed by atoms with Gasteiger partial charge in [-0.2, -0.15) is 5.10 Å². The fraction of sp³-hybridized carbons (Fsp3) is 0.407. The Bertz CT molecular complexity index is 1110. The number of methoxy groups -OCH3 is 1. The molecule has 0 saturated heterocycles. The molecule has 1 amide bonds. The highest BCUT2D eigenvalue weighted by atomic mass is 16.5. The standard InChI is InChI=1S/C27H33N3O3/c1-17(2)15-16-33-21-13-9-19(10-14-21)25-22-23(18-7-11-20(32-6)12-8-18)28-29-24(22)26(31)30(25)27(3,4)5/h7-14,17,25H,15-16H2,1-6H3,(H,28,29). The van der Waals surface area contributed by atoms with Crippen LogP contribution in [-0.4, -0.2) is 40.3 Å². The number of aromatic amines is 1. The lowest BCUT2D eigenvalue weighted by molar-refractivity contribution is 0.0546. The second kappa shape index (κ2) is 8.93. The summed E-state index contributed by atoms with van der Waals surface area (Å²) in [5.74, 6) is 2.19. The van der Waals surface area contributed by atoms with E-state index in [4.69, 9.17) is 9.47 Å². The molecule has 1 atom stereocenters. The summed E-state index contributed by atoms with van der Waals surface area (Å²) in [7, 11) is 1.65. The van der Waals surface area contributed by atoms with E-state index in [0.717, 1.165) is 40.3 Å². The summed E-state index contributed by atoms with van der Waals surface area (Å²) < 4.78 is 11.2. The lowest BCUT2D eigenvalue weighted by Gasteiger charge is -2.37. The summed E-state index contributed by atoms with van der Waals surface area (Å²) in [4.78, 5) is 15.4. The van der Waals surface area contributed by atoms with E-state index >= 15 is 0 Å². The number of amides is 1. The first-order valence-corrected chi connectivity index (χ1v) is 11.5. The van der Waals surface area contributed by atoms with Crippen LogP contribution in [0.25, 0.3) is 11.3 Å². The molecule has 33 heavy (non-hydrogen) atoms. The fourth-order valence-corrected chi connectivity index (χ4v) is 4.28. The van der Waals surface area contributed by atoms with E-state index in [-0.39, 0.29) is 17.5 Å². The number of hydrogen-bond donors (Lipinski definition) is 1. The van der Waals surface area contributed by atoms with Crippen molar-refractivity contribution in [1.82, 2.24) is 15.1 Å². The predicted octanol–water partition coefficient (Wildman–Crippen LogP) is 5.85. The van der Waals surface area contributed by atoms with Crippen LogP contribution in [0.3, 0.4) is 0 Å². The van der Waals surface area contributed by atoms with Gasteiger partial charge in [0.15, 0.2) is 0 Å². The molecule has 0 saturated carbocycles. The van der Waals surface area contributed by atoms with Gasteiger partial charge in [-0.3, -0.25) is 9.89 Å². The minimum Gasteiger partial charge on any atom is -0.497 e. The van der Waals surface area contributed by atoms with E-state index in [2.05, 4.69) is 56.9 Å². The summed E-state index contributed by atoms with van der Waals surface area (Å²) in [6.07, 6.45) is 1.01. The molecule has 1 aliphatic heterocycles. The fourth-order valence-electron chi connectivity index (χ4n) is 4.28. The summed E-state index contributed by atoms with van der Waals surface area (Å²) in [5, 5.41) is 7.56. The lowest BCUT2D eigenvalue weighted by atomic mass is 9.93. The average molecular weight is 448 g/mol. The van der Waals surface area contributed by atoms with E-state index < -0.39 is 0 Å². The third-order valence-corrected chi connectivity index (χ3v) is 6.01. The third-order valence-electron chi connectivity index (χ3n) is 6.01. The molecule has 0 fully saturated rings. The average Bonchev–Trinajstić information content (AvgIpc) is 3.33. The summed E-state index contributed by atoms with van der Waals surface area (Å²) in [6, 6.07) is 15.6. The van der Waals surface area contributed by atoms with E-state index in [1.54, 1.807) is 7.11 Å². The number of hydrogen-bond acceptors (Lipinski definition) is 4. The van der Waals surface area contributed by atoms with Crippen LogP contribution in [0.1, 0.15) is 68.7 Å². The molecule has 1 N–H and O–H groups in total. The first-order chi connectivity index (χ1) is 15.7. The molecule has 3 aromatic rings. The Labute approximate surface area is 195 Å². The van der Waals surface area contributed by atoms with E-state index in [1.165, 1.54) is 0 Å². The van der Waals surface area contributed by atoms with Crippen molar-refractivity contribution in [3.05, 3.63) is 65.4 Å². The number of carbonyl (C=O) groups is 1. The number of aromatic nitrogens is 2. The largest absolute Gasteiger partial charge is 0.497 e. The molecular weight excluding hydrogens is 414 g/mol. The Hall–Kier alpha value is -3.28.